The summed E-state index contributed by atoms with van der Waals surface area (Å²) in [5, 5.41) is 20.4. The van der Waals surface area contributed by atoms with Gasteiger partial charge in [-0.1, -0.05) is 18.0 Å². The molecule has 1 aliphatic rings. The summed E-state index contributed by atoms with van der Waals surface area (Å²) in [6.45, 7) is 1.87. The minimum atomic E-state index is -0.623. The number of aromatic amines is 1. The van der Waals surface area contributed by atoms with Crippen LogP contribution in [0.3, 0.4) is 0 Å². The van der Waals surface area contributed by atoms with Crippen LogP contribution in [0.1, 0.15) is 48.8 Å². The van der Waals surface area contributed by atoms with Crippen LogP contribution < -0.4 is 16.0 Å². The van der Waals surface area contributed by atoms with E-state index in [0.717, 1.165) is 5.69 Å². The summed E-state index contributed by atoms with van der Waals surface area (Å²) < 4.78 is 6.16. The lowest BCUT2D eigenvalue weighted by molar-refractivity contribution is -0.118. The van der Waals surface area contributed by atoms with E-state index in [-0.39, 0.29) is 11.8 Å². The summed E-state index contributed by atoms with van der Waals surface area (Å²) in [4.78, 5) is 45.7. The van der Waals surface area contributed by atoms with Crippen LogP contribution in [-0.4, -0.2) is 55.2 Å². The van der Waals surface area contributed by atoms with Crippen molar-refractivity contribution in [3.05, 3.63) is 70.9 Å². The topological polar surface area (TPSA) is 169 Å². The fourth-order valence-corrected chi connectivity index (χ4v) is 4.84. The number of tetrazole rings is 1. The molecule has 1 atom stereocenters. The first kappa shape index (κ1) is 28.5. The van der Waals surface area contributed by atoms with Gasteiger partial charge in [-0.2, -0.15) is 4.68 Å². The summed E-state index contributed by atoms with van der Waals surface area (Å²) in [5.41, 5.74) is 4.32. The maximum absolute atomic E-state index is 13.1. The third kappa shape index (κ3) is 6.63. The number of nitrogens with one attached hydrogen (secondary N) is 4. The molecule has 14 heteroatoms. The number of benzene rings is 2. The number of amides is 3. The lowest BCUT2D eigenvalue weighted by Gasteiger charge is -2.17. The number of methoxy groups -OCH3 is 1. The molecule has 0 saturated heterocycles. The van der Waals surface area contributed by atoms with Crippen molar-refractivity contribution in [2.45, 2.75) is 38.6 Å². The van der Waals surface area contributed by atoms with Crippen LogP contribution in [0.4, 0.5) is 16.2 Å². The predicted octanol–water partition coefficient (Wildman–Crippen LogP) is 4.58. The standard InChI is InChI=1S/C28H28ClN9O4/c1-16-26-20-10-9-19(32-28(41)42-2)14-22(20)34-24(39)6-4-3-5-21(27(31-16)35-26)33-25(40)12-7-17-13-18(29)8-11-23(17)38-15-30-36-37-38/h7-15,21H,3-6H2,1-2H3,(H,31,35)(H,32,41)(H,33,40)(H,34,39)/t21-/m0/s1. The first-order valence-corrected chi connectivity index (χ1v) is 13.6. The van der Waals surface area contributed by atoms with Gasteiger partial charge in [0.25, 0.3) is 0 Å². The van der Waals surface area contributed by atoms with Crippen LogP contribution in [-0.2, 0) is 14.3 Å². The average molecular weight is 590 g/mol. The fourth-order valence-electron chi connectivity index (χ4n) is 4.66. The molecule has 0 spiro atoms. The van der Waals surface area contributed by atoms with E-state index in [1.807, 2.05) is 6.92 Å². The molecule has 0 aliphatic carbocycles. The summed E-state index contributed by atoms with van der Waals surface area (Å²) in [6, 6.07) is 9.89. The lowest BCUT2D eigenvalue weighted by Crippen LogP contribution is -2.28. The van der Waals surface area contributed by atoms with Gasteiger partial charge in [0.2, 0.25) is 11.8 Å². The van der Waals surface area contributed by atoms with Crippen molar-refractivity contribution >= 4 is 47.0 Å². The molecular weight excluding hydrogens is 562 g/mol. The minimum absolute atomic E-state index is 0.163. The Labute approximate surface area is 245 Å². The first-order chi connectivity index (χ1) is 20.3. The van der Waals surface area contributed by atoms with E-state index < -0.39 is 12.1 Å². The maximum atomic E-state index is 13.1. The highest BCUT2D eigenvalue weighted by molar-refractivity contribution is 6.30. The van der Waals surface area contributed by atoms with Crippen molar-refractivity contribution in [2.75, 3.05) is 17.7 Å². The highest BCUT2D eigenvalue weighted by atomic mass is 35.5. The zero-order chi connectivity index (χ0) is 29.6. The number of rotatable bonds is 5. The summed E-state index contributed by atoms with van der Waals surface area (Å²) in [5.74, 6) is 0.0990. The molecule has 0 unspecified atom stereocenters. The predicted molar refractivity (Wildman–Crippen MR) is 156 cm³/mol. The number of anilines is 2. The van der Waals surface area contributed by atoms with E-state index in [1.54, 1.807) is 42.5 Å². The van der Waals surface area contributed by atoms with Crippen LogP contribution in [0.2, 0.25) is 5.02 Å². The largest absolute Gasteiger partial charge is 0.453 e. The summed E-state index contributed by atoms with van der Waals surface area (Å²) in [7, 11) is 1.27. The molecule has 2 aromatic carbocycles. The van der Waals surface area contributed by atoms with E-state index >= 15 is 0 Å². The van der Waals surface area contributed by atoms with E-state index in [2.05, 4.69) is 41.2 Å². The van der Waals surface area contributed by atoms with Gasteiger partial charge >= 0.3 is 6.09 Å². The van der Waals surface area contributed by atoms with Gasteiger partial charge in [0.1, 0.15) is 12.2 Å². The second kappa shape index (κ2) is 12.6. The number of carbonyl (C=O) groups excluding carboxylic acids is 3. The van der Waals surface area contributed by atoms with Gasteiger partial charge in [-0.3, -0.25) is 14.9 Å². The first-order valence-electron chi connectivity index (χ1n) is 13.2. The van der Waals surface area contributed by atoms with Crippen molar-refractivity contribution in [3.63, 3.8) is 0 Å². The van der Waals surface area contributed by atoms with Gasteiger partial charge in [-0.15, -0.1) is 5.10 Å². The molecule has 1 aliphatic heterocycles. The van der Waals surface area contributed by atoms with Crippen molar-refractivity contribution in [1.29, 1.82) is 0 Å². The molecule has 5 rings (SSSR count). The highest BCUT2D eigenvalue weighted by Crippen LogP contribution is 2.34. The number of aromatic nitrogens is 6. The van der Waals surface area contributed by atoms with Crippen LogP contribution in [0, 0.1) is 6.92 Å². The van der Waals surface area contributed by atoms with Gasteiger partial charge in [0.05, 0.1) is 30.2 Å². The molecule has 2 aromatic heterocycles. The fraction of sp³-hybridized carbons (Fsp3) is 0.250. The molecule has 0 radical (unpaired) electrons. The number of hydrogen-bond donors (Lipinski definition) is 4. The monoisotopic (exact) mass is 589 g/mol. The summed E-state index contributed by atoms with van der Waals surface area (Å²) >= 11 is 6.20. The van der Waals surface area contributed by atoms with Gasteiger partial charge in [0.15, 0.2) is 0 Å². The number of fused-ring (bicyclic) bond motifs is 4. The molecule has 4 N–H and O–H groups in total. The number of nitrogens with zero attached hydrogens (tertiary/aromatic N) is 5. The average Bonchev–Trinajstić information content (AvgIpc) is 3.63. The molecule has 2 bridgehead atoms. The third-order valence-electron chi connectivity index (χ3n) is 6.68. The number of ether oxygens (including phenoxy) is 1. The summed E-state index contributed by atoms with van der Waals surface area (Å²) in [6.07, 6.45) is 6.04. The van der Waals surface area contributed by atoms with Crippen LogP contribution in [0.5, 0.6) is 0 Å². The Morgan fingerprint density at radius 3 is 2.83 bits per heavy atom. The second-order valence-corrected chi connectivity index (χ2v) is 10.1. The van der Waals surface area contributed by atoms with Crippen molar-refractivity contribution in [3.8, 4) is 16.9 Å². The van der Waals surface area contributed by atoms with E-state index in [9.17, 15) is 14.4 Å². The Balaban J connectivity index is 1.42. The Morgan fingerprint density at radius 1 is 1.19 bits per heavy atom. The Kier molecular flexibility index (Phi) is 8.58. The normalized spacial score (nSPS) is 15.2. The zero-order valence-corrected chi connectivity index (χ0v) is 23.6. The zero-order valence-electron chi connectivity index (χ0n) is 22.8. The molecule has 3 amide bonds. The van der Waals surface area contributed by atoms with Gasteiger partial charge < -0.3 is 20.4 Å². The van der Waals surface area contributed by atoms with Crippen LogP contribution in [0.15, 0.2) is 48.8 Å². The number of imidazole rings is 1. The Morgan fingerprint density at radius 2 is 2.05 bits per heavy atom. The van der Waals surface area contributed by atoms with Gasteiger partial charge in [-0.25, -0.2) is 9.78 Å². The smallest absolute Gasteiger partial charge is 0.411 e. The molecule has 13 nitrogen and oxygen atoms in total. The van der Waals surface area contributed by atoms with Gasteiger partial charge in [0, 0.05) is 40.0 Å². The Bertz CT molecular complexity index is 1650. The lowest BCUT2D eigenvalue weighted by atomic mass is 10.0. The molecular formula is C28H28ClN9O4. The SMILES string of the molecule is COC(=O)Nc1ccc2c(c1)NC(=O)CCCC[C@H](NC(=O)C=Cc1cc(Cl)ccc1-n1cnnn1)c1nc-2c(C)[nH]1. The Hall–Kier alpha value is -5.04. The maximum Gasteiger partial charge on any atom is 0.411 e. The number of H-pyrrole nitrogens is 1. The molecule has 0 fully saturated rings. The van der Waals surface area contributed by atoms with Gasteiger partial charge in [-0.05, 0) is 72.7 Å². The minimum Gasteiger partial charge on any atom is -0.453 e. The quantitative estimate of drug-likeness (QED) is 0.245. The van der Waals surface area contributed by atoms with Crippen molar-refractivity contribution < 1.29 is 19.1 Å². The number of aryl methyl sites for hydroxylation is 1. The second-order valence-electron chi connectivity index (χ2n) is 9.62. The van der Waals surface area contributed by atoms with E-state index in [4.69, 9.17) is 16.6 Å². The van der Waals surface area contributed by atoms with E-state index in [1.165, 1.54) is 24.2 Å². The molecule has 3 heterocycles. The third-order valence-corrected chi connectivity index (χ3v) is 6.91. The molecule has 216 valence electrons. The molecule has 4 aromatic rings. The number of hydrogen-bond acceptors (Lipinski definition) is 8. The number of carbonyl (C=O) groups is 3. The van der Waals surface area contributed by atoms with Crippen molar-refractivity contribution in [1.82, 2.24) is 35.5 Å². The van der Waals surface area contributed by atoms with Crippen LogP contribution >= 0.6 is 11.6 Å². The van der Waals surface area contributed by atoms with Crippen molar-refractivity contribution in [2.24, 2.45) is 0 Å². The van der Waals surface area contributed by atoms with E-state index in [0.29, 0.717) is 70.4 Å². The van der Waals surface area contributed by atoms with Crippen LogP contribution in [0.25, 0.3) is 23.0 Å². The highest BCUT2D eigenvalue weighted by Gasteiger charge is 2.22. The number of halogens is 1. The molecule has 0 saturated carbocycles. The molecule has 42 heavy (non-hydrogen) atoms.